The molecule has 0 aliphatic heterocycles. The highest BCUT2D eigenvalue weighted by Crippen LogP contribution is 2.33. The van der Waals surface area contributed by atoms with Crippen molar-refractivity contribution in [3.05, 3.63) is 0 Å². The molecule has 1 fully saturated rings. The Morgan fingerprint density at radius 1 is 1.35 bits per heavy atom. The smallest absolute Gasteiger partial charge is 0.321 e. The number of carbonyl (C=O) groups excluding carboxylic acids is 1. The monoisotopic (exact) mass is 263 g/mol. The maximum atomic E-state index is 12.3. The molecule has 0 radical (unpaired) electrons. The SMILES string of the molecule is CCOC(=O)CN(C1CC1)S(=O)(=O)C(C)(C)C. The predicted octanol–water partition coefficient (Wildman–Crippen LogP) is 1.14. The molecule has 6 heteroatoms. The standard InChI is InChI=1S/C11H21NO4S/c1-5-16-10(13)8-12(9-6-7-9)17(14,15)11(2,3)4/h9H,5-8H2,1-4H3. The molecule has 0 spiro atoms. The maximum Gasteiger partial charge on any atom is 0.321 e. The lowest BCUT2D eigenvalue weighted by Gasteiger charge is -2.29. The molecular weight excluding hydrogens is 242 g/mol. The molecule has 1 saturated carbocycles. The van der Waals surface area contributed by atoms with Gasteiger partial charge in [0.2, 0.25) is 10.0 Å². The van der Waals surface area contributed by atoms with Gasteiger partial charge in [-0.25, -0.2) is 8.42 Å². The van der Waals surface area contributed by atoms with E-state index in [0.29, 0.717) is 0 Å². The van der Waals surface area contributed by atoms with Crippen LogP contribution in [0.3, 0.4) is 0 Å². The second-order valence-corrected chi connectivity index (χ2v) is 7.84. The molecule has 0 unspecified atom stereocenters. The van der Waals surface area contributed by atoms with E-state index in [9.17, 15) is 13.2 Å². The summed E-state index contributed by atoms with van der Waals surface area (Å²) in [6, 6.07) is -0.0244. The van der Waals surface area contributed by atoms with Crippen LogP contribution in [0.25, 0.3) is 0 Å². The summed E-state index contributed by atoms with van der Waals surface area (Å²) in [5.41, 5.74) is 0. The highest BCUT2D eigenvalue weighted by Gasteiger charge is 2.44. The van der Waals surface area contributed by atoms with Crippen LogP contribution in [0.4, 0.5) is 0 Å². The van der Waals surface area contributed by atoms with Crippen molar-refractivity contribution < 1.29 is 17.9 Å². The Bertz CT molecular complexity index is 379. The zero-order chi connectivity index (χ0) is 13.3. The van der Waals surface area contributed by atoms with Crippen LogP contribution in [0.2, 0.25) is 0 Å². The second kappa shape index (κ2) is 4.94. The van der Waals surface area contributed by atoms with Crippen molar-refractivity contribution in [2.24, 2.45) is 0 Å². The summed E-state index contributed by atoms with van der Waals surface area (Å²) in [5, 5.41) is 0. The minimum atomic E-state index is -3.46. The van der Waals surface area contributed by atoms with Crippen LogP contribution in [-0.4, -0.2) is 42.6 Å². The van der Waals surface area contributed by atoms with Gasteiger partial charge in [0.25, 0.3) is 0 Å². The fourth-order valence-electron chi connectivity index (χ4n) is 1.46. The molecule has 1 aliphatic carbocycles. The van der Waals surface area contributed by atoms with Crippen LogP contribution in [0, 0.1) is 0 Å². The van der Waals surface area contributed by atoms with Gasteiger partial charge in [0.15, 0.2) is 0 Å². The van der Waals surface area contributed by atoms with Gasteiger partial charge in [-0.2, -0.15) is 4.31 Å². The Hall–Kier alpha value is -0.620. The van der Waals surface area contributed by atoms with Gasteiger partial charge in [0.05, 0.1) is 11.4 Å². The van der Waals surface area contributed by atoms with Crippen molar-refractivity contribution in [1.29, 1.82) is 0 Å². The number of hydrogen-bond acceptors (Lipinski definition) is 4. The fourth-order valence-corrected chi connectivity index (χ4v) is 3.04. The minimum absolute atomic E-state index is 0.0244. The Kier molecular flexibility index (Phi) is 4.19. The molecule has 0 aromatic carbocycles. The van der Waals surface area contributed by atoms with E-state index < -0.39 is 20.7 Å². The van der Waals surface area contributed by atoms with E-state index >= 15 is 0 Å². The number of sulfonamides is 1. The number of esters is 1. The van der Waals surface area contributed by atoms with Crippen molar-refractivity contribution in [1.82, 2.24) is 4.31 Å². The van der Waals surface area contributed by atoms with E-state index in [1.807, 2.05) is 0 Å². The molecular formula is C11H21NO4S. The molecule has 0 aromatic heterocycles. The van der Waals surface area contributed by atoms with Crippen LogP contribution in [-0.2, 0) is 19.6 Å². The van der Waals surface area contributed by atoms with Gasteiger partial charge in [0, 0.05) is 6.04 Å². The molecule has 0 aromatic rings. The predicted molar refractivity (Wildman–Crippen MR) is 65.0 cm³/mol. The average molecular weight is 263 g/mol. The lowest BCUT2D eigenvalue weighted by Crippen LogP contribution is -2.46. The van der Waals surface area contributed by atoms with E-state index in [-0.39, 0.29) is 19.2 Å². The van der Waals surface area contributed by atoms with Gasteiger partial charge in [-0.05, 0) is 40.5 Å². The summed E-state index contributed by atoms with van der Waals surface area (Å²) in [6.45, 7) is 6.73. The van der Waals surface area contributed by atoms with E-state index in [0.717, 1.165) is 12.8 Å². The van der Waals surface area contributed by atoms with E-state index in [1.54, 1.807) is 27.7 Å². The van der Waals surface area contributed by atoms with Gasteiger partial charge in [-0.15, -0.1) is 0 Å². The number of carbonyl (C=O) groups is 1. The first-order valence-electron chi connectivity index (χ1n) is 5.87. The van der Waals surface area contributed by atoms with Crippen LogP contribution >= 0.6 is 0 Å². The first kappa shape index (κ1) is 14.4. The Balaban J connectivity index is 2.84. The lowest BCUT2D eigenvalue weighted by molar-refractivity contribution is -0.143. The molecule has 5 nitrogen and oxygen atoms in total. The highest BCUT2D eigenvalue weighted by molar-refractivity contribution is 7.90. The molecule has 0 amide bonds. The summed E-state index contributed by atoms with van der Waals surface area (Å²) in [6.07, 6.45) is 1.66. The van der Waals surface area contributed by atoms with Crippen molar-refractivity contribution in [3.8, 4) is 0 Å². The van der Waals surface area contributed by atoms with Crippen LogP contribution in [0.15, 0.2) is 0 Å². The molecule has 0 atom stereocenters. The maximum absolute atomic E-state index is 12.3. The minimum Gasteiger partial charge on any atom is -0.465 e. The topological polar surface area (TPSA) is 63.7 Å². The van der Waals surface area contributed by atoms with Crippen molar-refractivity contribution in [3.63, 3.8) is 0 Å². The summed E-state index contributed by atoms with van der Waals surface area (Å²) in [4.78, 5) is 11.4. The largest absolute Gasteiger partial charge is 0.465 e. The Labute approximate surface area is 103 Å². The normalized spacial score (nSPS) is 17.2. The molecule has 17 heavy (non-hydrogen) atoms. The number of rotatable bonds is 5. The van der Waals surface area contributed by atoms with E-state index in [1.165, 1.54) is 4.31 Å². The summed E-state index contributed by atoms with van der Waals surface area (Å²) in [7, 11) is -3.46. The third-order valence-corrected chi connectivity index (χ3v) is 5.22. The Morgan fingerprint density at radius 2 is 1.88 bits per heavy atom. The Morgan fingerprint density at radius 3 is 2.24 bits per heavy atom. The van der Waals surface area contributed by atoms with Gasteiger partial charge in [0.1, 0.15) is 6.54 Å². The number of nitrogens with zero attached hydrogens (tertiary/aromatic N) is 1. The third kappa shape index (κ3) is 3.42. The van der Waals surface area contributed by atoms with Crippen LogP contribution in [0.5, 0.6) is 0 Å². The lowest BCUT2D eigenvalue weighted by atomic mass is 10.3. The van der Waals surface area contributed by atoms with Crippen molar-refractivity contribution in [2.75, 3.05) is 13.2 Å². The van der Waals surface area contributed by atoms with Gasteiger partial charge in [-0.1, -0.05) is 0 Å². The first-order valence-corrected chi connectivity index (χ1v) is 7.31. The highest BCUT2D eigenvalue weighted by atomic mass is 32.2. The molecule has 0 N–H and O–H groups in total. The molecule has 0 bridgehead atoms. The summed E-state index contributed by atoms with van der Waals surface area (Å²) < 4.78 is 29.8. The summed E-state index contributed by atoms with van der Waals surface area (Å²) >= 11 is 0. The molecule has 100 valence electrons. The second-order valence-electron chi connectivity index (χ2n) is 5.20. The van der Waals surface area contributed by atoms with Gasteiger partial charge < -0.3 is 4.74 Å². The zero-order valence-electron chi connectivity index (χ0n) is 10.9. The van der Waals surface area contributed by atoms with Gasteiger partial charge in [-0.3, -0.25) is 4.79 Å². The van der Waals surface area contributed by atoms with Crippen LogP contribution < -0.4 is 0 Å². The van der Waals surface area contributed by atoms with Gasteiger partial charge >= 0.3 is 5.97 Å². The van der Waals surface area contributed by atoms with Crippen LogP contribution in [0.1, 0.15) is 40.5 Å². The van der Waals surface area contributed by atoms with E-state index in [4.69, 9.17) is 4.74 Å². The molecule has 0 heterocycles. The number of hydrogen-bond donors (Lipinski definition) is 0. The van der Waals surface area contributed by atoms with E-state index in [2.05, 4.69) is 0 Å². The van der Waals surface area contributed by atoms with Crippen molar-refractivity contribution in [2.45, 2.75) is 51.3 Å². The molecule has 0 saturated heterocycles. The fraction of sp³-hybridized carbons (Fsp3) is 0.909. The molecule has 1 aliphatic rings. The third-order valence-electron chi connectivity index (χ3n) is 2.63. The quantitative estimate of drug-likeness (QED) is 0.698. The average Bonchev–Trinajstić information content (AvgIpc) is 2.95. The number of ether oxygens (including phenoxy) is 1. The zero-order valence-corrected chi connectivity index (χ0v) is 11.7. The van der Waals surface area contributed by atoms with Crippen molar-refractivity contribution >= 4 is 16.0 Å². The molecule has 1 rings (SSSR count). The summed E-state index contributed by atoms with van der Waals surface area (Å²) in [5.74, 6) is -0.479. The first-order chi connectivity index (χ1) is 7.70.